The van der Waals surface area contributed by atoms with E-state index in [1.54, 1.807) is 11.3 Å². The maximum Gasteiger partial charge on any atom is 0.119 e. The van der Waals surface area contributed by atoms with Crippen molar-refractivity contribution in [3.63, 3.8) is 0 Å². The van der Waals surface area contributed by atoms with Crippen molar-refractivity contribution in [1.82, 2.24) is 10.2 Å². The standard InChI is InChI=1S/C17H21ClN2OS/c1-2-21-14-5-3-13(4-6-14)17(15-7-8-16(18)22-15)20-11-9-19-10-12-20/h3-8,17,19H,2,9-12H2,1H3. The number of halogens is 1. The third-order valence-electron chi connectivity index (χ3n) is 3.89. The quantitative estimate of drug-likeness (QED) is 0.899. The van der Waals surface area contributed by atoms with Gasteiger partial charge in [-0.05, 0) is 36.8 Å². The fourth-order valence-corrected chi connectivity index (χ4v) is 4.11. The second-order valence-electron chi connectivity index (χ2n) is 5.33. The van der Waals surface area contributed by atoms with Crippen molar-refractivity contribution in [1.29, 1.82) is 0 Å². The molecule has 5 heteroatoms. The van der Waals surface area contributed by atoms with Crippen LogP contribution in [0.3, 0.4) is 0 Å². The van der Waals surface area contributed by atoms with Crippen molar-refractivity contribution in [2.75, 3.05) is 32.8 Å². The molecule has 118 valence electrons. The third kappa shape index (κ3) is 3.63. The van der Waals surface area contributed by atoms with E-state index in [1.165, 1.54) is 10.4 Å². The van der Waals surface area contributed by atoms with E-state index in [4.69, 9.17) is 16.3 Å². The van der Waals surface area contributed by atoms with Crippen molar-refractivity contribution in [2.45, 2.75) is 13.0 Å². The molecule has 0 bridgehead atoms. The summed E-state index contributed by atoms with van der Waals surface area (Å²) in [5.41, 5.74) is 1.30. The van der Waals surface area contributed by atoms with E-state index in [1.807, 2.05) is 13.0 Å². The van der Waals surface area contributed by atoms with Crippen LogP contribution >= 0.6 is 22.9 Å². The second-order valence-corrected chi connectivity index (χ2v) is 7.08. The van der Waals surface area contributed by atoms with Gasteiger partial charge in [-0.1, -0.05) is 23.7 Å². The molecule has 1 unspecified atom stereocenters. The number of rotatable bonds is 5. The van der Waals surface area contributed by atoms with Gasteiger partial charge in [0, 0.05) is 31.1 Å². The summed E-state index contributed by atoms with van der Waals surface area (Å²) in [6.07, 6.45) is 0. The summed E-state index contributed by atoms with van der Waals surface area (Å²) in [7, 11) is 0. The molecule has 1 aliphatic heterocycles. The number of thiophene rings is 1. The Morgan fingerprint density at radius 1 is 1.18 bits per heavy atom. The molecule has 1 aliphatic rings. The lowest BCUT2D eigenvalue weighted by Crippen LogP contribution is -2.45. The molecule has 1 aromatic heterocycles. The van der Waals surface area contributed by atoms with Gasteiger partial charge in [0.15, 0.2) is 0 Å². The zero-order valence-electron chi connectivity index (χ0n) is 12.7. The molecule has 2 heterocycles. The molecule has 3 nitrogen and oxygen atoms in total. The van der Waals surface area contributed by atoms with E-state index < -0.39 is 0 Å². The summed E-state index contributed by atoms with van der Waals surface area (Å²) in [5, 5.41) is 3.42. The normalized spacial score (nSPS) is 17.4. The predicted octanol–water partition coefficient (Wildman–Crippen LogP) is 3.79. The molecule has 3 rings (SSSR count). The van der Waals surface area contributed by atoms with Gasteiger partial charge in [0.25, 0.3) is 0 Å². The lowest BCUT2D eigenvalue weighted by Gasteiger charge is -2.34. The van der Waals surface area contributed by atoms with Gasteiger partial charge in [-0.15, -0.1) is 11.3 Å². The Balaban J connectivity index is 1.90. The monoisotopic (exact) mass is 336 g/mol. The topological polar surface area (TPSA) is 24.5 Å². The third-order valence-corrected chi connectivity index (χ3v) is 5.17. The summed E-state index contributed by atoms with van der Waals surface area (Å²) in [6.45, 7) is 6.87. The highest BCUT2D eigenvalue weighted by Gasteiger charge is 2.25. The second kappa shape index (κ2) is 7.47. The molecule has 22 heavy (non-hydrogen) atoms. The van der Waals surface area contributed by atoms with Gasteiger partial charge in [-0.3, -0.25) is 4.90 Å². The molecule has 0 aliphatic carbocycles. The summed E-state index contributed by atoms with van der Waals surface area (Å²) in [5.74, 6) is 0.925. The summed E-state index contributed by atoms with van der Waals surface area (Å²) < 4.78 is 6.40. The zero-order valence-corrected chi connectivity index (χ0v) is 14.3. The van der Waals surface area contributed by atoms with Gasteiger partial charge in [0.2, 0.25) is 0 Å². The summed E-state index contributed by atoms with van der Waals surface area (Å²) >= 11 is 7.84. The highest BCUT2D eigenvalue weighted by Crippen LogP contribution is 2.35. The molecule has 2 aromatic rings. The molecular formula is C17H21ClN2OS. The highest BCUT2D eigenvalue weighted by atomic mass is 35.5. The highest BCUT2D eigenvalue weighted by molar-refractivity contribution is 7.16. The van der Waals surface area contributed by atoms with Crippen LogP contribution in [0.25, 0.3) is 0 Å². The molecule has 1 fully saturated rings. The maximum absolute atomic E-state index is 6.16. The van der Waals surface area contributed by atoms with Crippen LogP contribution in [0.15, 0.2) is 36.4 Å². The molecule has 1 N–H and O–H groups in total. The average molecular weight is 337 g/mol. The lowest BCUT2D eigenvalue weighted by molar-refractivity contribution is 0.200. The van der Waals surface area contributed by atoms with Crippen molar-refractivity contribution in [3.05, 3.63) is 51.2 Å². The van der Waals surface area contributed by atoms with E-state index in [0.29, 0.717) is 6.61 Å². The smallest absolute Gasteiger partial charge is 0.119 e. The van der Waals surface area contributed by atoms with Crippen LogP contribution in [-0.2, 0) is 0 Å². The number of nitrogens with one attached hydrogen (secondary N) is 1. The zero-order chi connectivity index (χ0) is 15.4. The van der Waals surface area contributed by atoms with E-state index in [2.05, 4.69) is 40.5 Å². The lowest BCUT2D eigenvalue weighted by atomic mass is 10.0. The fourth-order valence-electron chi connectivity index (χ4n) is 2.88. The summed E-state index contributed by atoms with van der Waals surface area (Å²) in [4.78, 5) is 3.82. The van der Waals surface area contributed by atoms with Gasteiger partial charge in [0.1, 0.15) is 5.75 Å². The number of hydrogen-bond acceptors (Lipinski definition) is 4. The van der Waals surface area contributed by atoms with Crippen molar-refractivity contribution < 1.29 is 4.74 Å². The number of nitrogens with zero attached hydrogens (tertiary/aromatic N) is 1. The molecule has 0 saturated carbocycles. The molecule has 1 atom stereocenters. The van der Waals surface area contributed by atoms with Crippen LogP contribution in [0.1, 0.15) is 23.4 Å². The van der Waals surface area contributed by atoms with Crippen molar-refractivity contribution in [3.8, 4) is 5.75 Å². The van der Waals surface area contributed by atoms with Gasteiger partial charge >= 0.3 is 0 Å². The Kier molecular flexibility index (Phi) is 5.37. The van der Waals surface area contributed by atoms with Gasteiger partial charge in [0.05, 0.1) is 17.0 Å². The van der Waals surface area contributed by atoms with Crippen LogP contribution in [0.5, 0.6) is 5.75 Å². The number of ether oxygens (including phenoxy) is 1. The minimum Gasteiger partial charge on any atom is -0.494 e. The Bertz CT molecular complexity index is 593. The van der Waals surface area contributed by atoms with Crippen LogP contribution in [0.4, 0.5) is 0 Å². The predicted molar refractivity (Wildman–Crippen MR) is 93.2 cm³/mol. The van der Waals surface area contributed by atoms with Crippen LogP contribution in [0.2, 0.25) is 4.34 Å². The van der Waals surface area contributed by atoms with Crippen molar-refractivity contribution in [2.24, 2.45) is 0 Å². The van der Waals surface area contributed by atoms with E-state index >= 15 is 0 Å². The number of hydrogen-bond donors (Lipinski definition) is 1. The maximum atomic E-state index is 6.16. The van der Waals surface area contributed by atoms with Gasteiger partial charge in [-0.25, -0.2) is 0 Å². The molecule has 1 saturated heterocycles. The van der Waals surface area contributed by atoms with E-state index in [0.717, 1.165) is 36.3 Å². The minimum atomic E-state index is 0.273. The van der Waals surface area contributed by atoms with Crippen LogP contribution in [0, 0.1) is 0 Å². The molecule has 0 amide bonds. The minimum absolute atomic E-state index is 0.273. The van der Waals surface area contributed by atoms with Gasteiger partial charge in [-0.2, -0.15) is 0 Å². The molecule has 0 radical (unpaired) electrons. The van der Waals surface area contributed by atoms with Crippen LogP contribution in [-0.4, -0.2) is 37.7 Å². The first-order valence-corrected chi connectivity index (χ1v) is 8.90. The Morgan fingerprint density at radius 3 is 2.50 bits per heavy atom. The first-order valence-electron chi connectivity index (χ1n) is 7.70. The van der Waals surface area contributed by atoms with Crippen LogP contribution < -0.4 is 10.1 Å². The number of benzene rings is 1. The SMILES string of the molecule is CCOc1ccc(C(c2ccc(Cl)s2)N2CCNCC2)cc1. The average Bonchev–Trinajstić information content (AvgIpc) is 2.97. The first kappa shape index (κ1) is 15.8. The molecule has 1 aromatic carbocycles. The van der Waals surface area contributed by atoms with Gasteiger partial charge < -0.3 is 10.1 Å². The molecule has 0 spiro atoms. The molecular weight excluding hydrogens is 316 g/mol. The van der Waals surface area contributed by atoms with E-state index in [-0.39, 0.29) is 6.04 Å². The Morgan fingerprint density at radius 2 is 1.91 bits per heavy atom. The van der Waals surface area contributed by atoms with E-state index in [9.17, 15) is 0 Å². The summed E-state index contributed by atoms with van der Waals surface area (Å²) in [6, 6.07) is 12.9. The first-order chi connectivity index (χ1) is 10.8. The Labute approximate surface area is 140 Å². The fraction of sp³-hybridized carbons (Fsp3) is 0.412. The Hall–Kier alpha value is -1.07. The number of piperazine rings is 1. The largest absolute Gasteiger partial charge is 0.494 e. The van der Waals surface area contributed by atoms with Crippen molar-refractivity contribution >= 4 is 22.9 Å².